The van der Waals surface area contributed by atoms with Crippen LogP contribution < -0.4 is 4.74 Å². The van der Waals surface area contributed by atoms with E-state index < -0.39 is 0 Å². The molecule has 0 spiro atoms. The molecule has 3 aromatic rings. The first-order valence-corrected chi connectivity index (χ1v) is 6.91. The van der Waals surface area contributed by atoms with Crippen molar-refractivity contribution in [1.82, 2.24) is 4.98 Å². The Kier molecular flexibility index (Phi) is 3.65. The summed E-state index contributed by atoms with van der Waals surface area (Å²) < 4.78 is 5.40. The Labute approximate surface area is 123 Å². The number of rotatable bonds is 4. The lowest BCUT2D eigenvalue weighted by molar-refractivity contribution is 0.104. The molecule has 1 heterocycles. The quantitative estimate of drug-likeness (QED) is 0.680. The molecule has 0 fully saturated rings. The third kappa shape index (κ3) is 2.63. The minimum atomic E-state index is -0.00310. The van der Waals surface area contributed by atoms with E-state index in [9.17, 15) is 4.79 Å². The highest BCUT2D eigenvalue weighted by molar-refractivity contribution is 6.15. The van der Waals surface area contributed by atoms with Crippen molar-refractivity contribution in [3.8, 4) is 5.75 Å². The van der Waals surface area contributed by atoms with E-state index in [0.717, 1.165) is 16.7 Å². The van der Waals surface area contributed by atoms with Crippen molar-refractivity contribution in [2.24, 2.45) is 0 Å². The molecule has 3 rings (SSSR count). The highest BCUT2D eigenvalue weighted by Gasteiger charge is 2.12. The normalized spacial score (nSPS) is 10.5. The van der Waals surface area contributed by atoms with Crippen LogP contribution in [-0.4, -0.2) is 17.4 Å². The van der Waals surface area contributed by atoms with Crippen LogP contribution in [0.2, 0.25) is 0 Å². The number of pyridine rings is 1. The monoisotopic (exact) mass is 277 g/mol. The van der Waals surface area contributed by atoms with Crippen LogP contribution in [0.1, 0.15) is 22.8 Å². The molecule has 104 valence electrons. The van der Waals surface area contributed by atoms with Gasteiger partial charge in [0.25, 0.3) is 0 Å². The van der Waals surface area contributed by atoms with Crippen molar-refractivity contribution >= 4 is 16.7 Å². The number of aromatic nitrogens is 1. The highest BCUT2D eigenvalue weighted by atomic mass is 16.5. The standard InChI is InChI=1S/C18H15NO2/c1-2-21-14-9-7-13(8-10-14)18(20)16-11-12-19-17-6-4-3-5-15(16)17/h3-12H,2H2,1H3. The molecule has 0 radical (unpaired) electrons. The van der Waals surface area contributed by atoms with Gasteiger partial charge < -0.3 is 4.74 Å². The smallest absolute Gasteiger partial charge is 0.193 e. The first kappa shape index (κ1) is 13.3. The topological polar surface area (TPSA) is 39.2 Å². The zero-order valence-electron chi connectivity index (χ0n) is 11.7. The maximum atomic E-state index is 12.7. The molecule has 0 saturated carbocycles. The largest absolute Gasteiger partial charge is 0.494 e. The van der Waals surface area contributed by atoms with E-state index in [2.05, 4.69) is 4.98 Å². The molecule has 21 heavy (non-hydrogen) atoms. The Morgan fingerprint density at radius 1 is 1.05 bits per heavy atom. The molecule has 0 amide bonds. The fourth-order valence-electron chi connectivity index (χ4n) is 2.32. The number of carbonyl (C=O) groups excluding carboxylic acids is 1. The summed E-state index contributed by atoms with van der Waals surface area (Å²) in [6, 6.07) is 16.7. The lowest BCUT2D eigenvalue weighted by Gasteiger charge is -2.07. The molecule has 0 bridgehead atoms. The van der Waals surface area contributed by atoms with Crippen LogP contribution in [0.4, 0.5) is 0 Å². The third-order valence-corrected chi connectivity index (χ3v) is 3.32. The molecule has 2 aromatic carbocycles. The van der Waals surface area contributed by atoms with Gasteiger partial charge >= 0.3 is 0 Å². The maximum absolute atomic E-state index is 12.7. The summed E-state index contributed by atoms with van der Waals surface area (Å²) in [6.45, 7) is 2.55. The SMILES string of the molecule is CCOc1ccc(C(=O)c2ccnc3ccccc23)cc1. The predicted octanol–water partition coefficient (Wildman–Crippen LogP) is 3.86. The number of fused-ring (bicyclic) bond motifs is 1. The molecule has 0 N–H and O–H groups in total. The Morgan fingerprint density at radius 2 is 1.81 bits per heavy atom. The third-order valence-electron chi connectivity index (χ3n) is 3.32. The van der Waals surface area contributed by atoms with Crippen LogP contribution in [0.3, 0.4) is 0 Å². The predicted molar refractivity (Wildman–Crippen MR) is 82.8 cm³/mol. The summed E-state index contributed by atoms with van der Waals surface area (Å²) in [5.74, 6) is 0.769. The fourth-order valence-corrected chi connectivity index (χ4v) is 2.32. The lowest BCUT2D eigenvalue weighted by atomic mass is 10.00. The van der Waals surface area contributed by atoms with E-state index in [1.807, 2.05) is 43.3 Å². The van der Waals surface area contributed by atoms with Crippen LogP contribution >= 0.6 is 0 Å². The van der Waals surface area contributed by atoms with Gasteiger partial charge in [0.05, 0.1) is 12.1 Å². The first-order chi connectivity index (χ1) is 10.3. The Hall–Kier alpha value is -2.68. The fraction of sp³-hybridized carbons (Fsp3) is 0.111. The molecule has 0 unspecified atom stereocenters. The number of nitrogens with zero attached hydrogens (tertiary/aromatic N) is 1. The number of hydrogen-bond donors (Lipinski definition) is 0. The van der Waals surface area contributed by atoms with Crippen molar-refractivity contribution < 1.29 is 9.53 Å². The van der Waals surface area contributed by atoms with Crippen molar-refractivity contribution in [3.05, 3.63) is 71.9 Å². The number of carbonyl (C=O) groups is 1. The summed E-state index contributed by atoms with van der Waals surface area (Å²) in [7, 11) is 0. The van der Waals surface area contributed by atoms with Crippen LogP contribution in [0.25, 0.3) is 10.9 Å². The van der Waals surface area contributed by atoms with Crippen LogP contribution in [0, 0.1) is 0 Å². The maximum Gasteiger partial charge on any atom is 0.193 e. The molecule has 1 aromatic heterocycles. The van der Waals surface area contributed by atoms with Crippen LogP contribution in [-0.2, 0) is 0 Å². The van der Waals surface area contributed by atoms with Crippen molar-refractivity contribution in [2.75, 3.05) is 6.61 Å². The van der Waals surface area contributed by atoms with E-state index in [4.69, 9.17) is 4.74 Å². The van der Waals surface area contributed by atoms with E-state index in [-0.39, 0.29) is 5.78 Å². The van der Waals surface area contributed by atoms with Gasteiger partial charge in [0.1, 0.15) is 5.75 Å². The van der Waals surface area contributed by atoms with Gasteiger partial charge in [-0.1, -0.05) is 18.2 Å². The molecule has 0 saturated heterocycles. The van der Waals surface area contributed by atoms with Gasteiger partial charge in [-0.15, -0.1) is 0 Å². The van der Waals surface area contributed by atoms with Gasteiger partial charge in [0.2, 0.25) is 0 Å². The van der Waals surface area contributed by atoms with E-state index >= 15 is 0 Å². The summed E-state index contributed by atoms with van der Waals surface area (Å²) in [6.07, 6.45) is 1.67. The molecule has 0 aliphatic carbocycles. The number of benzene rings is 2. The summed E-state index contributed by atoms with van der Waals surface area (Å²) in [4.78, 5) is 16.9. The zero-order chi connectivity index (χ0) is 14.7. The average Bonchev–Trinajstić information content (AvgIpc) is 2.55. The van der Waals surface area contributed by atoms with Gasteiger partial charge in [-0.25, -0.2) is 0 Å². The second-order valence-electron chi connectivity index (χ2n) is 4.66. The van der Waals surface area contributed by atoms with Crippen LogP contribution in [0.15, 0.2) is 60.8 Å². The molecule has 3 heteroatoms. The molecule has 0 aliphatic rings. The Balaban J connectivity index is 2.00. The van der Waals surface area contributed by atoms with Gasteiger partial charge in [0, 0.05) is 22.7 Å². The minimum Gasteiger partial charge on any atom is -0.494 e. The number of para-hydroxylation sites is 1. The first-order valence-electron chi connectivity index (χ1n) is 6.91. The van der Waals surface area contributed by atoms with Crippen LogP contribution in [0.5, 0.6) is 5.75 Å². The summed E-state index contributed by atoms with van der Waals surface area (Å²) in [5, 5.41) is 0.874. The number of hydrogen-bond acceptors (Lipinski definition) is 3. The van der Waals surface area contributed by atoms with E-state index in [0.29, 0.717) is 17.7 Å². The molecule has 3 nitrogen and oxygen atoms in total. The summed E-state index contributed by atoms with van der Waals surface area (Å²) in [5.41, 5.74) is 2.15. The van der Waals surface area contributed by atoms with Crippen molar-refractivity contribution in [3.63, 3.8) is 0 Å². The van der Waals surface area contributed by atoms with Gasteiger partial charge in [0.15, 0.2) is 5.78 Å². The Bertz CT molecular complexity index is 773. The molecular weight excluding hydrogens is 262 g/mol. The van der Waals surface area contributed by atoms with Crippen molar-refractivity contribution in [1.29, 1.82) is 0 Å². The second-order valence-corrected chi connectivity index (χ2v) is 4.66. The van der Waals surface area contributed by atoms with Crippen molar-refractivity contribution in [2.45, 2.75) is 6.92 Å². The molecule has 0 aliphatic heterocycles. The zero-order valence-corrected chi connectivity index (χ0v) is 11.7. The van der Waals surface area contributed by atoms with Gasteiger partial charge in [-0.05, 0) is 43.3 Å². The summed E-state index contributed by atoms with van der Waals surface area (Å²) >= 11 is 0. The van der Waals surface area contributed by atoms with E-state index in [1.165, 1.54) is 0 Å². The number of ketones is 1. The molecule has 0 atom stereocenters. The highest BCUT2D eigenvalue weighted by Crippen LogP contribution is 2.21. The van der Waals surface area contributed by atoms with Gasteiger partial charge in [-0.3, -0.25) is 9.78 Å². The van der Waals surface area contributed by atoms with Gasteiger partial charge in [-0.2, -0.15) is 0 Å². The second kappa shape index (κ2) is 5.75. The van der Waals surface area contributed by atoms with E-state index in [1.54, 1.807) is 24.4 Å². The minimum absolute atomic E-state index is 0.00310. The molecular formula is C18H15NO2. The average molecular weight is 277 g/mol. The lowest BCUT2D eigenvalue weighted by Crippen LogP contribution is -2.03. The Morgan fingerprint density at radius 3 is 2.57 bits per heavy atom. The number of ether oxygens (including phenoxy) is 1.